The number of amides is 3. The highest BCUT2D eigenvalue weighted by Crippen LogP contribution is 2.21. The summed E-state index contributed by atoms with van der Waals surface area (Å²) in [5.41, 5.74) is 2.36. The van der Waals surface area contributed by atoms with Crippen LogP contribution < -0.4 is 16.0 Å². The fourth-order valence-electron chi connectivity index (χ4n) is 3.76. The molecule has 2 fully saturated rings. The number of carbonyl (C=O) groups excluding carboxylic acids is 2. The van der Waals surface area contributed by atoms with E-state index in [-0.39, 0.29) is 18.0 Å². The lowest BCUT2D eigenvalue weighted by Crippen LogP contribution is -2.47. The van der Waals surface area contributed by atoms with E-state index in [1.54, 1.807) is 6.07 Å². The number of piperidine rings is 1. The summed E-state index contributed by atoms with van der Waals surface area (Å²) in [6.07, 6.45) is 5.04. The van der Waals surface area contributed by atoms with E-state index < -0.39 is 0 Å². The molecule has 3 amide bonds. The molecule has 3 rings (SSSR count). The maximum Gasteiger partial charge on any atom is 0.319 e. The van der Waals surface area contributed by atoms with Gasteiger partial charge < -0.3 is 25.6 Å². The van der Waals surface area contributed by atoms with E-state index in [2.05, 4.69) is 20.9 Å². The SMILES string of the molecule is CCC(=O)Nc1cc(NC(=O)NC2CCN(CC3CCCO3)CC2)ccc1C. The molecule has 7 nitrogen and oxygen atoms in total. The van der Waals surface area contributed by atoms with Gasteiger partial charge >= 0.3 is 6.03 Å². The average molecular weight is 389 g/mol. The first-order valence-corrected chi connectivity index (χ1v) is 10.4. The summed E-state index contributed by atoms with van der Waals surface area (Å²) in [4.78, 5) is 26.5. The number of urea groups is 1. The van der Waals surface area contributed by atoms with Crippen LogP contribution in [0.4, 0.5) is 16.2 Å². The van der Waals surface area contributed by atoms with Gasteiger partial charge in [0.05, 0.1) is 6.10 Å². The number of hydrogen-bond acceptors (Lipinski definition) is 4. The van der Waals surface area contributed by atoms with Gasteiger partial charge in [-0.05, 0) is 50.3 Å². The van der Waals surface area contributed by atoms with E-state index in [1.165, 1.54) is 6.42 Å². The number of ether oxygens (including phenoxy) is 1. The molecule has 0 aromatic heterocycles. The molecule has 0 bridgehead atoms. The maximum absolute atomic E-state index is 12.4. The maximum atomic E-state index is 12.4. The molecule has 0 saturated carbocycles. The highest BCUT2D eigenvalue weighted by Gasteiger charge is 2.24. The van der Waals surface area contributed by atoms with Crippen molar-refractivity contribution in [2.24, 2.45) is 0 Å². The predicted molar refractivity (Wildman–Crippen MR) is 111 cm³/mol. The minimum Gasteiger partial charge on any atom is -0.377 e. The lowest BCUT2D eigenvalue weighted by Gasteiger charge is -2.33. The second-order valence-electron chi connectivity index (χ2n) is 7.74. The Morgan fingerprint density at radius 2 is 1.96 bits per heavy atom. The summed E-state index contributed by atoms with van der Waals surface area (Å²) in [6, 6.07) is 5.53. The molecular formula is C21H32N4O3. The van der Waals surface area contributed by atoms with Crippen molar-refractivity contribution in [1.29, 1.82) is 0 Å². The minimum absolute atomic E-state index is 0.0422. The summed E-state index contributed by atoms with van der Waals surface area (Å²) in [5, 5.41) is 8.82. The smallest absolute Gasteiger partial charge is 0.319 e. The van der Waals surface area contributed by atoms with Gasteiger partial charge in [-0.25, -0.2) is 4.79 Å². The van der Waals surface area contributed by atoms with Gasteiger partial charge in [0.15, 0.2) is 0 Å². The summed E-state index contributed by atoms with van der Waals surface area (Å²) in [7, 11) is 0. The summed E-state index contributed by atoms with van der Waals surface area (Å²) in [5.74, 6) is -0.0422. The number of anilines is 2. The molecule has 0 aliphatic carbocycles. The summed E-state index contributed by atoms with van der Waals surface area (Å²) < 4.78 is 5.71. The van der Waals surface area contributed by atoms with Crippen molar-refractivity contribution in [3.63, 3.8) is 0 Å². The Bertz CT molecular complexity index is 680. The lowest BCUT2D eigenvalue weighted by molar-refractivity contribution is -0.115. The molecule has 2 aliphatic heterocycles. The Labute approximate surface area is 167 Å². The van der Waals surface area contributed by atoms with Gasteiger partial charge in [-0.15, -0.1) is 0 Å². The Morgan fingerprint density at radius 1 is 1.18 bits per heavy atom. The average Bonchev–Trinajstić information content (AvgIpc) is 3.19. The van der Waals surface area contributed by atoms with Crippen LogP contribution in [0.2, 0.25) is 0 Å². The van der Waals surface area contributed by atoms with E-state index in [0.717, 1.165) is 56.8 Å². The summed E-state index contributed by atoms with van der Waals surface area (Å²) in [6.45, 7) is 7.62. The number of hydrogen-bond donors (Lipinski definition) is 3. The minimum atomic E-state index is -0.200. The zero-order valence-electron chi connectivity index (χ0n) is 16.9. The molecule has 1 aromatic rings. The van der Waals surface area contributed by atoms with Crippen molar-refractivity contribution < 1.29 is 14.3 Å². The Balaban J connectivity index is 1.44. The van der Waals surface area contributed by atoms with Gasteiger partial charge in [0.2, 0.25) is 5.91 Å². The first-order valence-electron chi connectivity index (χ1n) is 10.4. The first kappa shape index (κ1) is 20.6. The van der Waals surface area contributed by atoms with Crippen LogP contribution in [0.3, 0.4) is 0 Å². The molecule has 28 heavy (non-hydrogen) atoms. The van der Waals surface area contributed by atoms with Gasteiger partial charge in [0.1, 0.15) is 0 Å². The van der Waals surface area contributed by atoms with Crippen LogP contribution in [0.1, 0.15) is 44.6 Å². The molecule has 154 valence electrons. The fourth-order valence-corrected chi connectivity index (χ4v) is 3.76. The fraction of sp³-hybridized carbons (Fsp3) is 0.619. The molecule has 0 spiro atoms. The second-order valence-corrected chi connectivity index (χ2v) is 7.74. The Hall–Kier alpha value is -2.12. The van der Waals surface area contributed by atoms with Crippen LogP contribution in [0.5, 0.6) is 0 Å². The number of nitrogens with zero attached hydrogens (tertiary/aromatic N) is 1. The van der Waals surface area contributed by atoms with Crippen LogP contribution in [-0.2, 0) is 9.53 Å². The van der Waals surface area contributed by atoms with E-state index >= 15 is 0 Å². The van der Waals surface area contributed by atoms with Gasteiger partial charge in [-0.2, -0.15) is 0 Å². The van der Waals surface area contributed by atoms with Crippen LogP contribution >= 0.6 is 0 Å². The second kappa shape index (κ2) is 9.89. The normalized spacial score (nSPS) is 20.7. The highest BCUT2D eigenvalue weighted by atomic mass is 16.5. The number of carbonyl (C=O) groups is 2. The van der Waals surface area contributed by atoms with Crippen LogP contribution in [0, 0.1) is 6.92 Å². The largest absolute Gasteiger partial charge is 0.377 e. The summed E-state index contributed by atoms with van der Waals surface area (Å²) >= 11 is 0. The molecule has 2 aliphatic rings. The van der Waals surface area contributed by atoms with Gasteiger partial charge in [0, 0.05) is 50.1 Å². The van der Waals surface area contributed by atoms with E-state index in [0.29, 0.717) is 18.2 Å². The zero-order chi connectivity index (χ0) is 19.9. The number of aryl methyl sites for hydroxylation is 1. The number of benzene rings is 1. The standard InChI is InChI=1S/C21H32N4O3/c1-3-20(26)24-19-13-17(7-6-15(19)2)23-21(27)22-16-8-10-25(11-9-16)14-18-5-4-12-28-18/h6-7,13,16,18H,3-5,8-12,14H2,1-2H3,(H,24,26)(H2,22,23,27). The van der Waals surface area contributed by atoms with E-state index in [1.807, 2.05) is 26.0 Å². The number of nitrogens with one attached hydrogen (secondary N) is 3. The number of likely N-dealkylation sites (tertiary alicyclic amines) is 1. The molecule has 1 unspecified atom stereocenters. The van der Waals surface area contributed by atoms with Crippen LogP contribution in [0.25, 0.3) is 0 Å². The molecule has 2 heterocycles. The molecular weight excluding hydrogens is 356 g/mol. The van der Waals surface area contributed by atoms with Crippen LogP contribution in [-0.4, -0.2) is 55.2 Å². The lowest BCUT2D eigenvalue weighted by atomic mass is 10.0. The zero-order valence-corrected chi connectivity index (χ0v) is 16.9. The van der Waals surface area contributed by atoms with Crippen molar-refractivity contribution in [1.82, 2.24) is 10.2 Å². The monoisotopic (exact) mass is 388 g/mol. The quantitative estimate of drug-likeness (QED) is 0.699. The van der Waals surface area contributed by atoms with Crippen molar-refractivity contribution in [3.05, 3.63) is 23.8 Å². The van der Waals surface area contributed by atoms with Crippen molar-refractivity contribution in [2.45, 2.75) is 58.1 Å². The topological polar surface area (TPSA) is 82.7 Å². The van der Waals surface area contributed by atoms with E-state index in [4.69, 9.17) is 4.74 Å². The molecule has 1 atom stereocenters. The third-order valence-electron chi connectivity index (χ3n) is 5.50. The van der Waals surface area contributed by atoms with Crippen molar-refractivity contribution >= 4 is 23.3 Å². The van der Waals surface area contributed by atoms with Gasteiger partial charge in [-0.3, -0.25) is 4.79 Å². The Morgan fingerprint density at radius 3 is 2.64 bits per heavy atom. The molecule has 0 radical (unpaired) electrons. The molecule has 3 N–H and O–H groups in total. The third kappa shape index (κ3) is 5.94. The molecule has 7 heteroatoms. The first-order chi connectivity index (χ1) is 13.5. The number of rotatable bonds is 6. The Kier molecular flexibility index (Phi) is 7.28. The molecule has 1 aromatic carbocycles. The van der Waals surface area contributed by atoms with Gasteiger partial charge in [0.25, 0.3) is 0 Å². The predicted octanol–water partition coefficient (Wildman–Crippen LogP) is 3.11. The van der Waals surface area contributed by atoms with Gasteiger partial charge in [-0.1, -0.05) is 13.0 Å². The van der Waals surface area contributed by atoms with Crippen molar-refractivity contribution in [2.75, 3.05) is 36.9 Å². The highest BCUT2D eigenvalue weighted by molar-refractivity contribution is 5.94. The third-order valence-corrected chi connectivity index (χ3v) is 5.50. The molecule has 2 saturated heterocycles. The van der Waals surface area contributed by atoms with E-state index in [9.17, 15) is 9.59 Å². The van der Waals surface area contributed by atoms with Crippen LogP contribution in [0.15, 0.2) is 18.2 Å². The van der Waals surface area contributed by atoms with Crippen molar-refractivity contribution in [3.8, 4) is 0 Å².